The average molecular weight is 677 g/mol. The molecule has 1 saturated heterocycles. The summed E-state index contributed by atoms with van der Waals surface area (Å²) in [6.07, 6.45) is 2.57. The summed E-state index contributed by atoms with van der Waals surface area (Å²) in [5.41, 5.74) is 3.49. The second-order valence-corrected chi connectivity index (χ2v) is 13.6. The van der Waals surface area contributed by atoms with Crippen molar-refractivity contribution in [2.75, 3.05) is 13.1 Å². The lowest BCUT2D eigenvalue weighted by Gasteiger charge is -2.41. The zero-order valence-corrected chi connectivity index (χ0v) is 27.9. The van der Waals surface area contributed by atoms with Crippen molar-refractivity contribution in [1.82, 2.24) is 35.8 Å². The van der Waals surface area contributed by atoms with Crippen molar-refractivity contribution in [2.24, 2.45) is 5.73 Å². The number of carbonyl (C=O) groups excluding carboxylic acids is 5. The first-order valence-electron chi connectivity index (χ1n) is 16.5. The quantitative estimate of drug-likeness (QED) is 0.165. The van der Waals surface area contributed by atoms with Gasteiger partial charge in [-0.15, -0.1) is 5.10 Å². The fraction of sp³-hybridized carbons (Fsp3) is 0.500. The van der Waals surface area contributed by atoms with Gasteiger partial charge in [0.15, 0.2) is 6.10 Å². The number of aliphatic hydroxyl groups is 2. The molecule has 4 atom stereocenters. The molecule has 1 aliphatic carbocycles. The molecule has 5 amide bonds. The molecule has 3 aromatic rings. The lowest BCUT2D eigenvalue weighted by Crippen LogP contribution is -2.64. The number of nitrogens with one attached hydrogen (secondary N) is 3. The summed E-state index contributed by atoms with van der Waals surface area (Å²) in [4.78, 5) is 67.6. The summed E-state index contributed by atoms with van der Waals surface area (Å²) in [7, 11) is 0. The molecule has 2 fully saturated rings. The average Bonchev–Trinajstić information content (AvgIpc) is 3.74. The van der Waals surface area contributed by atoms with Crippen molar-refractivity contribution in [2.45, 2.75) is 94.7 Å². The van der Waals surface area contributed by atoms with E-state index in [1.165, 1.54) is 22.7 Å². The van der Waals surface area contributed by atoms with E-state index in [0.29, 0.717) is 36.9 Å². The van der Waals surface area contributed by atoms with Gasteiger partial charge in [0.05, 0.1) is 23.5 Å². The van der Waals surface area contributed by atoms with E-state index in [9.17, 15) is 34.2 Å². The number of fused-ring (bicyclic) bond motifs is 1. The molecule has 2 unspecified atom stereocenters. The van der Waals surface area contributed by atoms with Crippen molar-refractivity contribution in [3.63, 3.8) is 0 Å². The number of rotatable bonds is 11. The molecular weight excluding hydrogens is 632 g/mol. The number of nitrogens with zero attached hydrogens (tertiary/aromatic N) is 4. The molecule has 0 spiro atoms. The van der Waals surface area contributed by atoms with Gasteiger partial charge in [-0.3, -0.25) is 24.0 Å². The molecule has 0 radical (unpaired) electrons. The highest BCUT2D eigenvalue weighted by Gasteiger charge is 2.49. The highest BCUT2D eigenvalue weighted by molar-refractivity contribution is 6.01. The first kappa shape index (κ1) is 35.4. The summed E-state index contributed by atoms with van der Waals surface area (Å²) < 4.78 is 1.47. The predicted octanol–water partition coefficient (Wildman–Crippen LogP) is 0.401. The fourth-order valence-corrected chi connectivity index (χ4v) is 6.90. The van der Waals surface area contributed by atoms with Gasteiger partial charge in [-0.25, -0.2) is 4.68 Å². The van der Waals surface area contributed by atoms with Crippen LogP contribution in [0.25, 0.3) is 10.8 Å². The Morgan fingerprint density at radius 1 is 1.06 bits per heavy atom. The molecule has 1 saturated carbocycles. The first-order valence-corrected chi connectivity index (χ1v) is 16.5. The van der Waals surface area contributed by atoms with Crippen molar-refractivity contribution < 1.29 is 34.2 Å². The maximum Gasteiger partial charge on any atom is 0.252 e. The minimum Gasteiger partial charge on any atom is -0.384 e. The molecule has 2 aromatic carbocycles. The smallest absolute Gasteiger partial charge is 0.252 e. The monoisotopic (exact) mass is 676 g/mol. The molecular formula is C34H44N8O7. The Bertz CT molecular complexity index is 1730. The minimum absolute atomic E-state index is 0.0399. The van der Waals surface area contributed by atoms with Crippen molar-refractivity contribution >= 4 is 40.3 Å². The summed E-state index contributed by atoms with van der Waals surface area (Å²) in [5, 5.41) is 39.8. The predicted molar refractivity (Wildman–Crippen MR) is 177 cm³/mol. The molecule has 7 N–H and O–H groups in total. The zero-order valence-electron chi connectivity index (χ0n) is 27.9. The second-order valence-electron chi connectivity index (χ2n) is 13.6. The molecule has 5 rings (SSSR count). The highest BCUT2D eigenvalue weighted by atomic mass is 16.3. The normalized spacial score (nSPS) is 20.3. The van der Waals surface area contributed by atoms with Crippen LogP contribution in [0.2, 0.25) is 0 Å². The summed E-state index contributed by atoms with van der Waals surface area (Å²) in [6.45, 7) is 4.09. The third-order valence-corrected chi connectivity index (χ3v) is 9.49. The maximum atomic E-state index is 14.4. The Balaban J connectivity index is 1.47. The highest BCUT2D eigenvalue weighted by Crippen LogP contribution is 2.35. The Morgan fingerprint density at radius 2 is 1.76 bits per heavy atom. The van der Waals surface area contributed by atoms with E-state index < -0.39 is 64.9 Å². The SMILES string of the molecule is CC(=O)NCC(NC(=O)c1ccc2ccccc2c1)C(=O)N1C[C@@H](n2nncc2C(C)(C)O)C[C@H]1C(=O)NC1(C(O)C(N)=O)CCCCC1. The maximum absolute atomic E-state index is 14.4. The number of nitrogens with two attached hydrogens (primary N) is 1. The van der Waals surface area contributed by atoms with Gasteiger partial charge in [0.1, 0.15) is 17.7 Å². The number of primary amides is 1. The van der Waals surface area contributed by atoms with E-state index in [4.69, 9.17) is 5.73 Å². The van der Waals surface area contributed by atoms with Gasteiger partial charge in [-0.1, -0.05) is 54.8 Å². The Labute approximate surface area is 283 Å². The van der Waals surface area contributed by atoms with Crippen LogP contribution >= 0.6 is 0 Å². The number of hydrogen-bond donors (Lipinski definition) is 6. The van der Waals surface area contributed by atoms with Gasteiger partial charge in [-0.2, -0.15) is 0 Å². The first-order chi connectivity index (χ1) is 23.2. The molecule has 0 bridgehead atoms. The van der Waals surface area contributed by atoms with Crippen molar-refractivity contribution in [1.29, 1.82) is 0 Å². The van der Waals surface area contributed by atoms with Gasteiger partial charge in [0, 0.05) is 32.0 Å². The number of aliphatic hydroxyl groups excluding tert-OH is 1. The third kappa shape index (κ3) is 7.73. The largest absolute Gasteiger partial charge is 0.384 e. The second kappa shape index (κ2) is 14.3. The molecule has 2 aliphatic rings. The number of aromatic nitrogens is 3. The lowest BCUT2D eigenvalue weighted by molar-refractivity contribution is -0.143. The third-order valence-electron chi connectivity index (χ3n) is 9.49. The molecule has 1 aliphatic heterocycles. The van der Waals surface area contributed by atoms with Crippen LogP contribution in [0, 0.1) is 0 Å². The van der Waals surface area contributed by atoms with Crippen LogP contribution in [0.4, 0.5) is 0 Å². The Morgan fingerprint density at radius 3 is 2.41 bits per heavy atom. The van der Waals surface area contributed by atoms with E-state index in [1.54, 1.807) is 32.0 Å². The van der Waals surface area contributed by atoms with Crippen LogP contribution < -0.4 is 21.7 Å². The van der Waals surface area contributed by atoms with Gasteiger partial charge >= 0.3 is 0 Å². The van der Waals surface area contributed by atoms with E-state index in [0.717, 1.165) is 17.2 Å². The van der Waals surface area contributed by atoms with Crippen LogP contribution in [0.15, 0.2) is 48.7 Å². The molecule has 2 heterocycles. The Hall–Kier alpha value is -4.89. The topological polar surface area (TPSA) is 222 Å². The minimum atomic E-state index is -1.65. The lowest BCUT2D eigenvalue weighted by atomic mass is 9.77. The fourth-order valence-electron chi connectivity index (χ4n) is 6.90. The van der Waals surface area contributed by atoms with Crippen molar-refractivity contribution in [3.05, 3.63) is 59.9 Å². The van der Waals surface area contributed by atoms with Gasteiger partial charge in [0.25, 0.3) is 5.91 Å². The van der Waals surface area contributed by atoms with Crippen LogP contribution in [0.5, 0.6) is 0 Å². The van der Waals surface area contributed by atoms with Crippen LogP contribution in [0.3, 0.4) is 0 Å². The molecule has 49 heavy (non-hydrogen) atoms. The van der Waals surface area contributed by atoms with Gasteiger partial charge < -0.3 is 36.8 Å². The number of benzene rings is 2. The van der Waals surface area contributed by atoms with E-state index in [1.807, 2.05) is 24.3 Å². The van der Waals surface area contributed by atoms with Crippen LogP contribution in [0.1, 0.15) is 81.4 Å². The van der Waals surface area contributed by atoms with E-state index >= 15 is 0 Å². The standard InChI is InChI=1S/C34H44N8O7/c1-20(43)36-17-25(38-30(46)23-12-11-21-9-5-6-10-22(21)15-23)32(48)41-19-24(42-27(18-37-40-42)33(2,3)49)16-26(41)31(47)39-34(28(44)29(35)45)13-7-4-8-14-34/h5-6,9-12,15,18,24-26,28,44,49H,4,7-8,13-14,16-17,19H2,1-3H3,(H2,35,45)(H,36,43)(H,38,46)(H,39,47)/t24-,25?,26-,28?/m0/s1. The van der Waals surface area contributed by atoms with E-state index in [-0.39, 0.29) is 19.5 Å². The molecule has 15 nitrogen and oxygen atoms in total. The number of likely N-dealkylation sites (tertiary alicyclic amines) is 1. The number of carbonyl (C=O) groups is 5. The molecule has 1 aromatic heterocycles. The Kier molecular flexibility index (Phi) is 10.3. The summed E-state index contributed by atoms with van der Waals surface area (Å²) in [5.74, 6) is -3.23. The summed E-state index contributed by atoms with van der Waals surface area (Å²) in [6, 6.07) is 9.58. The number of hydrogen-bond acceptors (Lipinski definition) is 9. The zero-order chi connectivity index (χ0) is 35.5. The molecule has 15 heteroatoms. The van der Waals surface area contributed by atoms with E-state index in [2.05, 4.69) is 26.3 Å². The van der Waals surface area contributed by atoms with Crippen molar-refractivity contribution in [3.8, 4) is 0 Å². The van der Waals surface area contributed by atoms with Gasteiger partial charge in [0.2, 0.25) is 23.6 Å². The number of amides is 5. The van der Waals surface area contributed by atoms with Crippen LogP contribution in [-0.2, 0) is 24.8 Å². The van der Waals surface area contributed by atoms with Gasteiger partial charge in [-0.05, 0) is 49.6 Å². The van der Waals surface area contributed by atoms with Crippen LogP contribution in [-0.4, -0.2) is 96.5 Å². The molecule has 262 valence electrons. The summed E-state index contributed by atoms with van der Waals surface area (Å²) >= 11 is 0.